The highest BCUT2D eigenvalue weighted by molar-refractivity contribution is 5.99. The Kier molecular flexibility index (Phi) is 9.95. The first-order chi connectivity index (χ1) is 11.3. The van der Waals surface area contributed by atoms with Gasteiger partial charge >= 0.3 is 0 Å². The molecule has 3 radical (unpaired) electrons. The molecule has 0 saturated carbocycles. The number of para-hydroxylation sites is 1. The van der Waals surface area contributed by atoms with Gasteiger partial charge in [0, 0.05) is 26.8 Å². The van der Waals surface area contributed by atoms with E-state index in [1.807, 2.05) is 64.2 Å². The van der Waals surface area contributed by atoms with Crippen LogP contribution in [-0.2, 0) is 6.54 Å². The van der Waals surface area contributed by atoms with Crippen molar-refractivity contribution in [2.45, 2.75) is 41.2 Å². The van der Waals surface area contributed by atoms with Crippen LogP contribution in [0, 0.1) is 0 Å². The lowest BCUT2D eigenvalue weighted by Gasteiger charge is -2.04. The average molecular weight is 324 g/mol. The van der Waals surface area contributed by atoms with E-state index in [2.05, 4.69) is 26.8 Å². The molecule has 2 aromatic heterocycles. The van der Waals surface area contributed by atoms with Gasteiger partial charge in [-0.15, -0.1) is 0 Å². The smallest absolute Gasteiger partial charge is 0.147 e. The standard InChI is InChI=1S/C14H15N5.2C2H6.B/c1-2-19-8-11(18-10-6-4-3-5-7-10)12-13(15)16-9-17-14(12)19;2*1-2;/h3-9,18H,2H2,1H3,(H2,15,16,17);2*1-2H3;. The SMILES string of the molecule is CC.CC.CCn1cc(Nc2ccccc2)c2c(N)ncnc21.[B]. The average Bonchev–Trinajstić information content (AvgIpc) is 2.98. The van der Waals surface area contributed by atoms with Crippen molar-refractivity contribution in [1.29, 1.82) is 0 Å². The highest BCUT2D eigenvalue weighted by Gasteiger charge is 2.12. The zero-order valence-electron chi connectivity index (χ0n) is 15.2. The molecule has 5 nitrogen and oxygen atoms in total. The summed E-state index contributed by atoms with van der Waals surface area (Å²) in [7, 11) is 0. The fourth-order valence-electron chi connectivity index (χ4n) is 2.16. The van der Waals surface area contributed by atoms with Crippen LogP contribution < -0.4 is 11.1 Å². The van der Waals surface area contributed by atoms with Gasteiger partial charge in [-0.3, -0.25) is 0 Å². The van der Waals surface area contributed by atoms with E-state index in [1.165, 1.54) is 6.33 Å². The molecular weight excluding hydrogens is 297 g/mol. The summed E-state index contributed by atoms with van der Waals surface area (Å²) in [6, 6.07) is 9.98. The number of nitrogens with zero attached hydrogens (tertiary/aromatic N) is 3. The summed E-state index contributed by atoms with van der Waals surface area (Å²) in [5.74, 6) is 0.496. The minimum Gasteiger partial charge on any atom is -0.383 e. The van der Waals surface area contributed by atoms with Crippen LogP contribution in [0.4, 0.5) is 17.2 Å². The van der Waals surface area contributed by atoms with Gasteiger partial charge in [-0.05, 0) is 19.1 Å². The van der Waals surface area contributed by atoms with E-state index in [1.54, 1.807) is 0 Å². The summed E-state index contributed by atoms with van der Waals surface area (Å²) in [6.45, 7) is 10.9. The number of aryl methyl sites for hydroxylation is 1. The molecule has 3 aromatic rings. The van der Waals surface area contributed by atoms with Crippen molar-refractivity contribution in [3.8, 4) is 0 Å². The fourth-order valence-corrected chi connectivity index (χ4v) is 2.16. The Morgan fingerprint density at radius 2 is 1.67 bits per heavy atom. The van der Waals surface area contributed by atoms with Crippen molar-refractivity contribution in [3.05, 3.63) is 42.9 Å². The van der Waals surface area contributed by atoms with Crippen molar-refractivity contribution in [1.82, 2.24) is 14.5 Å². The summed E-state index contributed by atoms with van der Waals surface area (Å²) in [6.07, 6.45) is 3.51. The Bertz CT molecular complexity index is 710. The summed E-state index contributed by atoms with van der Waals surface area (Å²) in [5.41, 5.74) is 8.78. The number of benzene rings is 1. The molecule has 1 aromatic carbocycles. The molecule has 0 aliphatic carbocycles. The van der Waals surface area contributed by atoms with E-state index in [0.29, 0.717) is 5.82 Å². The van der Waals surface area contributed by atoms with Crippen molar-refractivity contribution in [2.24, 2.45) is 0 Å². The van der Waals surface area contributed by atoms with Gasteiger partial charge in [0.15, 0.2) is 0 Å². The first-order valence-electron chi connectivity index (χ1n) is 8.21. The molecule has 3 rings (SSSR count). The second-order valence-electron chi connectivity index (χ2n) is 4.28. The number of nitrogens with two attached hydrogens (primary N) is 1. The molecule has 0 aliphatic heterocycles. The predicted octanol–water partition coefficient (Wildman–Crippen LogP) is 4.45. The highest BCUT2D eigenvalue weighted by atomic mass is 15.1. The Morgan fingerprint density at radius 1 is 1.04 bits per heavy atom. The van der Waals surface area contributed by atoms with Crippen molar-refractivity contribution >= 4 is 36.6 Å². The molecule has 6 heteroatoms. The second kappa shape index (κ2) is 11.1. The van der Waals surface area contributed by atoms with E-state index in [0.717, 1.165) is 29.0 Å². The maximum Gasteiger partial charge on any atom is 0.147 e. The van der Waals surface area contributed by atoms with E-state index < -0.39 is 0 Å². The summed E-state index contributed by atoms with van der Waals surface area (Å²) in [4.78, 5) is 8.38. The Balaban J connectivity index is 0.000000987. The van der Waals surface area contributed by atoms with Crippen LogP contribution in [-0.4, -0.2) is 22.9 Å². The number of aromatic nitrogens is 3. The summed E-state index contributed by atoms with van der Waals surface area (Å²) in [5, 5.41) is 4.23. The molecular formula is C18H27BN5. The number of nitrogen functional groups attached to an aromatic ring is 1. The maximum atomic E-state index is 5.97. The fraction of sp³-hybridized carbons (Fsp3) is 0.333. The molecule has 127 valence electrons. The van der Waals surface area contributed by atoms with Crippen LogP contribution in [0.5, 0.6) is 0 Å². The molecule has 0 spiro atoms. The normalized spacial score (nSPS) is 9.04. The largest absolute Gasteiger partial charge is 0.383 e. The van der Waals surface area contributed by atoms with Crippen LogP contribution in [0.1, 0.15) is 34.6 Å². The van der Waals surface area contributed by atoms with Gasteiger partial charge < -0.3 is 15.6 Å². The first-order valence-corrected chi connectivity index (χ1v) is 8.21. The third-order valence-corrected chi connectivity index (χ3v) is 3.08. The lowest BCUT2D eigenvalue weighted by atomic mass is 10.3. The van der Waals surface area contributed by atoms with Crippen LogP contribution in [0.3, 0.4) is 0 Å². The molecule has 0 aliphatic rings. The number of fused-ring (bicyclic) bond motifs is 1. The Morgan fingerprint density at radius 3 is 2.25 bits per heavy atom. The summed E-state index contributed by atoms with van der Waals surface area (Å²) < 4.78 is 2.05. The van der Waals surface area contributed by atoms with Gasteiger partial charge in [-0.2, -0.15) is 0 Å². The molecule has 0 bridgehead atoms. The predicted molar refractivity (Wildman–Crippen MR) is 106 cm³/mol. The monoisotopic (exact) mass is 324 g/mol. The Hall–Kier alpha value is -2.50. The van der Waals surface area contributed by atoms with Crippen molar-refractivity contribution < 1.29 is 0 Å². The highest BCUT2D eigenvalue weighted by Crippen LogP contribution is 2.30. The van der Waals surface area contributed by atoms with Crippen LogP contribution in [0.2, 0.25) is 0 Å². The van der Waals surface area contributed by atoms with Crippen molar-refractivity contribution in [2.75, 3.05) is 11.1 Å². The first kappa shape index (κ1) is 21.5. The minimum absolute atomic E-state index is 0. The van der Waals surface area contributed by atoms with E-state index in [9.17, 15) is 0 Å². The lowest BCUT2D eigenvalue weighted by molar-refractivity contribution is 0.787. The second-order valence-corrected chi connectivity index (χ2v) is 4.28. The molecule has 0 saturated heterocycles. The van der Waals surface area contributed by atoms with E-state index in [4.69, 9.17) is 5.73 Å². The van der Waals surface area contributed by atoms with E-state index >= 15 is 0 Å². The molecule has 2 heterocycles. The zero-order valence-corrected chi connectivity index (χ0v) is 15.2. The van der Waals surface area contributed by atoms with Crippen molar-refractivity contribution in [3.63, 3.8) is 0 Å². The van der Waals surface area contributed by atoms with Gasteiger partial charge in [0.25, 0.3) is 0 Å². The van der Waals surface area contributed by atoms with Gasteiger partial charge in [0.05, 0.1) is 11.1 Å². The summed E-state index contributed by atoms with van der Waals surface area (Å²) >= 11 is 0. The molecule has 0 unspecified atom stereocenters. The number of nitrogens with one attached hydrogen (secondary N) is 1. The maximum absolute atomic E-state index is 5.97. The zero-order chi connectivity index (χ0) is 17.2. The quantitative estimate of drug-likeness (QED) is 0.699. The van der Waals surface area contributed by atoms with Crippen LogP contribution in [0.25, 0.3) is 11.0 Å². The topological polar surface area (TPSA) is 68.8 Å². The third kappa shape index (κ3) is 4.75. The van der Waals surface area contributed by atoms with Crippen LogP contribution in [0.15, 0.2) is 42.9 Å². The Labute approximate surface area is 146 Å². The molecule has 0 fully saturated rings. The lowest BCUT2D eigenvalue weighted by Crippen LogP contribution is -1.96. The van der Waals surface area contributed by atoms with Gasteiger partial charge in [0.2, 0.25) is 0 Å². The molecule has 3 N–H and O–H groups in total. The number of hydrogen-bond acceptors (Lipinski definition) is 4. The van der Waals surface area contributed by atoms with E-state index in [-0.39, 0.29) is 8.41 Å². The van der Waals surface area contributed by atoms with Gasteiger partial charge in [0.1, 0.15) is 17.8 Å². The van der Waals surface area contributed by atoms with Gasteiger partial charge in [-0.25, -0.2) is 9.97 Å². The molecule has 0 amide bonds. The number of rotatable bonds is 3. The minimum atomic E-state index is 0. The number of anilines is 3. The number of hydrogen-bond donors (Lipinski definition) is 2. The van der Waals surface area contributed by atoms with Gasteiger partial charge in [-0.1, -0.05) is 45.9 Å². The molecule has 24 heavy (non-hydrogen) atoms. The molecule has 0 atom stereocenters. The third-order valence-electron chi connectivity index (χ3n) is 3.08. The van der Waals surface area contributed by atoms with Crippen LogP contribution >= 0.6 is 0 Å².